The number of benzene rings is 2. The quantitative estimate of drug-likeness (QED) is 0.855. The van der Waals surface area contributed by atoms with Gasteiger partial charge in [0.15, 0.2) is 0 Å². The molecule has 0 spiro atoms. The molecule has 0 N–H and O–H groups in total. The Morgan fingerprint density at radius 2 is 1.30 bits per heavy atom. The summed E-state index contributed by atoms with van der Waals surface area (Å²) in [5, 5.41) is 0. The van der Waals surface area contributed by atoms with Crippen LogP contribution in [0.25, 0.3) is 0 Å². The molecular formula is C18H22N2. The van der Waals surface area contributed by atoms with E-state index in [4.69, 9.17) is 24.7 Å². The maximum atomic E-state index is 8.62. The Morgan fingerprint density at radius 1 is 0.850 bits per heavy atom. The van der Waals surface area contributed by atoms with E-state index in [1.54, 1.807) is 0 Å². The fraction of sp³-hybridized carbons (Fsp3) is 0.333. The fourth-order valence-corrected chi connectivity index (χ4v) is 1.64. The summed E-state index contributed by atoms with van der Waals surface area (Å²) in [5.74, 6) is 0. The third-order valence-corrected chi connectivity index (χ3v) is 2.52. The van der Waals surface area contributed by atoms with E-state index in [-0.39, 0.29) is 9.80 Å². The van der Waals surface area contributed by atoms with Gasteiger partial charge in [-0.15, -0.1) is 0 Å². The molecule has 0 amide bonds. The summed E-state index contributed by atoms with van der Waals surface area (Å²) in [6, 6.07) is -12.3. The van der Waals surface area contributed by atoms with Crippen molar-refractivity contribution in [3.05, 3.63) is 71.6 Å². The lowest BCUT2D eigenvalue weighted by molar-refractivity contribution is 0.127. The second-order valence-corrected chi connectivity index (χ2v) is 3.86. The van der Waals surface area contributed by atoms with Crippen molar-refractivity contribution >= 4 is 0 Å². The molecule has 0 atom stereocenters. The summed E-state index contributed by atoms with van der Waals surface area (Å²) >= 11 is 0. The van der Waals surface area contributed by atoms with Gasteiger partial charge in [0, 0.05) is 37.0 Å². The molecule has 0 unspecified atom stereocenters. The van der Waals surface area contributed by atoms with E-state index >= 15 is 0 Å². The molecule has 104 valence electrons. The highest BCUT2D eigenvalue weighted by molar-refractivity contribution is 5.31. The Kier molecular flexibility index (Phi) is 1.17. The fourth-order valence-electron chi connectivity index (χ4n) is 1.64. The van der Waals surface area contributed by atoms with Crippen LogP contribution in [0.1, 0.15) is 41.8 Å². The van der Waals surface area contributed by atoms with Crippen molar-refractivity contribution in [3.63, 3.8) is 0 Å². The number of rotatable bonds is 3. The van der Waals surface area contributed by atoms with Crippen LogP contribution in [0.15, 0.2) is 60.4 Å². The predicted molar refractivity (Wildman–Crippen MR) is 83.8 cm³/mol. The van der Waals surface area contributed by atoms with E-state index in [0.29, 0.717) is 0 Å². The van der Waals surface area contributed by atoms with Crippen molar-refractivity contribution in [1.29, 1.82) is 0 Å². The lowest BCUT2D eigenvalue weighted by atomic mass is 9.96. The van der Waals surface area contributed by atoms with Gasteiger partial charge in [0.05, 0.1) is 19.7 Å². The zero-order chi connectivity index (χ0) is 29.7. The molecule has 0 bridgehead atoms. The topological polar surface area (TPSA) is 6.48 Å². The van der Waals surface area contributed by atoms with Crippen molar-refractivity contribution < 1.29 is 24.7 Å². The van der Waals surface area contributed by atoms with Crippen LogP contribution in [0.5, 0.6) is 0 Å². The summed E-state index contributed by atoms with van der Waals surface area (Å²) in [5.41, 5.74) is -1.86. The summed E-state index contributed by atoms with van der Waals surface area (Å²) in [6.07, 6.45) is 0. The normalized spacial score (nSPS) is 40.5. The minimum absolute atomic E-state index is 0.0815. The molecule has 0 radical (unpaired) electrons. The van der Waals surface area contributed by atoms with Gasteiger partial charge in [-0.2, -0.15) is 0 Å². The molecule has 1 aliphatic rings. The van der Waals surface area contributed by atoms with Crippen molar-refractivity contribution in [2.75, 3.05) is 33.0 Å². The molecule has 1 saturated heterocycles. The Balaban J connectivity index is 2.67. The van der Waals surface area contributed by atoms with Crippen LogP contribution in [0, 0.1) is 0 Å². The molecule has 1 fully saturated rings. The molecule has 3 rings (SSSR count). The monoisotopic (exact) mass is 284 g/mol. The van der Waals surface area contributed by atoms with Crippen LogP contribution in [-0.2, 0) is 0 Å². The number of hydrogen-bond donors (Lipinski definition) is 0. The SMILES string of the molecule is [2H]c1c([2H])c([2H])c(C(c2c([2H])c([2H])c([2H])c([2H])c2[2H])N2C([2H])([2H])C([2H])([2H])N(C)C([2H])([2H])C2([2H])[2H])c([2H])c1[2H]. The van der Waals surface area contributed by atoms with Gasteiger partial charge in [-0.1, -0.05) is 60.4 Å². The Hall–Kier alpha value is -1.64. The van der Waals surface area contributed by atoms with E-state index in [1.807, 2.05) is 0 Å². The Labute approximate surface area is 146 Å². The summed E-state index contributed by atoms with van der Waals surface area (Å²) in [4.78, 5) is 0.0826. The van der Waals surface area contributed by atoms with Crippen molar-refractivity contribution in [1.82, 2.24) is 9.80 Å². The third kappa shape index (κ3) is 2.92. The number of piperazine rings is 1. The largest absolute Gasteiger partial charge is 0.304 e. The molecule has 0 saturated carbocycles. The number of likely N-dealkylation sites (N-methyl/N-ethyl adjacent to an activating group) is 1. The van der Waals surface area contributed by atoms with Gasteiger partial charge in [-0.3, -0.25) is 4.90 Å². The van der Waals surface area contributed by atoms with Crippen molar-refractivity contribution in [2.45, 2.75) is 6.04 Å². The van der Waals surface area contributed by atoms with Gasteiger partial charge >= 0.3 is 0 Å². The second-order valence-electron chi connectivity index (χ2n) is 3.86. The molecule has 0 aromatic heterocycles. The molecule has 20 heavy (non-hydrogen) atoms. The standard InChI is InChI=1S/C18H22N2/c1-19-12-14-20(15-13-19)18(16-8-4-2-5-9-16)17-10-6-3-7-11-17/h2-11,18H,12-15H2,1H3/i2D,3D,4D,5D,6D,7D,8D,9D,10D,11D,12D2,13D2,14D2,15D2. The Bertz CT molecular complexity index is 1170. The first-order valence-electron chi connectivity index (χ1n) is 14.7. The van der Waals surface area contributed by atoms with E-state index < -0.39 is 104 Å². The molecular weight excluding hydrogens is 244 g/mol. The minimum atomic E-state index is -3.58. The average molecular weight is 284 g/mol. The smallest absolute Gasteiger partial charge is 0.0626 e. The molecule has 2 nitrogen and oxygen atoms in total. The lowest BCUT2D eigenvalue weighted by Gasteiger charge is -2.38. The van der Waals surface area contributed by atoms with E-state index in [2.05, 4.69) is 0 Å². The number of nitrogens with zero attached hydrogens (tertiary/aromatic N) is 2. The highest BCUT2D eigenvalue weighted by Gasteiger charge is 2.24. The highest BCUT2D eigenvalue weighted by Crippen LogP contribution is 2.29. The predicted octanol–water partition coefficient (Wildman–Crippen LogP) is 3.02. The van der Waals surface area contributed by atoms with Crippen LogP contribution in [-0.4, -0.2) is 42.8 Å². The molecule has 0 aliphatic carbocycles. The molecule has 1 heterocycles. The average Bonchev–Trinajstić information content (AvgIpc) is 2.82. The third-order valence-electron chi connectivity index (χ3n) is 2.52. The molecule has 2 aromatic rings. The minimum Gasteiger partial charge on any atom is -0.304 e. The van der Waals surface area contributed by atoms with E-state index in [9.17, 15) is 0 Å². The zero-order valence-electron chi connectivity index (χ0n) is 28.5. The van der Waals surface area contributed by atoms with E-state index in [0.717, 1.165) is 7.05 Å². The Morgan fingerprint density at radius 3 is 1.75 bits per heavy atom. The molecule has 2 heteroatoms. The van der Waals surface area contributed by atoms with Gasteiger partial charge < -0.3 is 4.90 Å². The van der Waals surface area contributed by atoms with Gasteiger partial charge in [-0.25, -0.2) is 0 Å². The van der Waals surface area contributed by atoms with Crippen molar-refractivity contribution in [3.8, 4) is 0 Å². The van der Waals surface area contributed by atoms with Crippen LogP contribution >= 0.6 is 0 Å². The van der Waals surface area contributed by atoms with Gasteiger partial charge in [0.2, 0.25) is 0 Å². The summed E-state index contributed by atoms with van der Waals surface area (Å²) in [7, 11) is 0.789. The van der Waals surface area contributed by atoms with Gasteiger partial charge in [-0.05, 0) is 18.2 Å². The summed E-state index contributed by atoms with van der Waals surface area (Å²) in [6.45, 7) is -13.8. The van der Waals surface area contributed by atoms with E-state index in [1.165, 1.54) is 0 Å². The second kappa shape index (κ2) is 6.21. The summed E-state index contributed by atoms with van der Waals surface area (Å²) < 4.78 is 149. The first kappa shape index (κ1) is 3.76. The highest BCUT2D eigenvalue weighted by atomic mass is 15.3. The maximum Gasteiger partial charge on any atom is 0.0626 e. The van der Waals surface area contributed by atoms with Gasteiger partial charge in [0.1, 0.15) is 0 Å². The van der Waals surface area contributed by atoms with Crippen molar-refractivity contribution in [2.24, 2.45) is 0 Å². The zero-order valence-corrected chi connectivity index (χ0v) is 10.5. The van der Waals surface area contributed by atoms with Gasteiger partial charge in [0.25, 0.3) is 0 Å². The van der Waals surface area contributed by atoms with Crippen LogP contribution in [0.4, 0.5) is 0 Å². The lowest BCUT2D eigenvalue weighted by Crippen LogP contribution is -2.46. The molecule has 1 aliphatic heterocycles. The number of hydrogen-bond acceptors (Lipinski definition) is 2. The van der Waals surface area contributed by atoms with Crippen LogP contribution < -0.4 is 0 Å². The van der Waals surface area contributed by atoms with Crippen LogP contribution in [0.2, 0.25) is 0 Å². The first-order chi connectivity index (χ1) is 17.0. The molecule has 2 aromatic carbocycles. The van der Waals surface area contributed by atoms with Crippen LogP contribution in [0.3, 0.4) is 0 Å². The maximum absolute atomic E-state index is 8.62. The first-order valence-corrected chi connectivity index (χ1v) is 5.68.